The molecule has 2 aliphatic rings. The van der Waals surface area contributed by atoms with Crippen molar-refractivity contribution in [1.82, 2.24) is 9.97 Å². The van der Waals surface area contributed by atoms with Crippen LogP contribution in [0.2, 0.25) is 0 Å². The van der Waals surface area contributed by atoms with Crippen LogP contribution >= 0.6 is 0 Å². The average Bonchev–Trinajstić information content (AvgIpc) is 2.92. The molecule has 5 nitrogen and oxygen atoms in total. The number of rotatable bonds is 4. The highest BCUT2D eigenvalue weighted by atomic mass is 16.3. The van der Waals surface area contributed by atoms with Gasteiger partial charge in [-0.2, -0.15) is 0 Å². The molecule has 3 rings (SSSR count). The second-order valence-corrected chi connectivity index (χ2v) is 5.40. The number of hydrogen-bond acceptors (Lipinski definition) is 5. The zero-order valence-electron chi connectivity index (χ0n) is 10.7. The van der Waals surface area contributed by atoms with E-state index in [0.717, 1.165) is 36.9 Å². The van der Waals surface area contributed by atoms with Gasteiger partial charge in [0, 0.05) is 18.7 Å². The fourth-order valence-electron chi connectivity index (χ4n) is 2.62. The van der Waals surface area contributed by atoms with Crippen LogP contribution in [0.15, 0.2) is 12.4 Å². The number of nitrogens with one attached hydrogen (secondary N) is 1. The van der Waals surface area contributed by atoms with E-state index in [4.69, 9.17) is 0 Å². The fourth-order valence-corrected chi connectivity index (χ4v) is 2.62. The van der Waals surface area contributed by atoms with E-state index in [-0.39, 0.29) is 12.6 Å². The van der Waals surface area contributed by atoms with Crippen LogP contribution in [0, 0.1) is 5.92 Å². The lowest BCUT2D eigenvalue weighted by atomic mass is 10.2. The Labute approximate surface area is 107 Å². The van der Waals surface area contributed by atoms with Crippen LogP contribution in [-0.4, -0.2) is 40.3 Å². The van der Waals surface area contributed by atoms with Crippen molar-refractivity contribution in [2.75, 3.05) is 23.4 Å². The molecule has 1 saturated heterocycles. The molecule has 2 fully saturated rings. The van der Waals surface area contributed by atoms with Gasteiger partial charge in [-0.3, -0.25) is 0 Å². The maximum absolute atomic E-state index is 9.36. The summed E-state index contributed by atoms with van der Waals surface area (Å²) in [6, 6.07) is 2.78. The van der Waals surface area contributed by atoms with Gasteiger partial charge in [-0.25, -0.2) is 9.97 Å². The van der Waals surface area contributed by atoms with Crippen LogP contribution < -0.4 is 10.2 Å². The van der Waals surface area contributed by atoms with Crippen LogP contribution in [-0.2, 0) is 0 Å². The van der Waals surface area contributed by atoms with Gasteiger partial charge in [0.05, 0.1) is 12.6 Å². The van der Waals surface area contributed by atoms with Crippen molar-refractivity contribution in [3.63, 3.8) is 0 Å². The van der Waals surface area contributed by atoms with Gasteiger partial charge in [0.25, 0.3) is 0 Å². The Hall–Kier alpha value is -1.36. The monoisotopic (exact) mass is 248 g/mol. The molecule has 0 spiro atoms. The van der Waals surface area contributed by atoms with Gasteiger partial charge in [-0.15, -0.1) is 0 Å². The highest BCUT2D eigenvalue weighted by Crippen LogP contribution is 2.33. The van der Waals surface area contributed by atoms with Crippen molar-refractivity contribution in [2.24, 2.45) is 5.92 Å². The summed E-state index contributed by atoms with van der Waals surface area (Å²) in [6.45, 7) is 3.41. The Morgan fingerprint density at radius 1 is 1.50 bits per heavy atom. The third-order valence-electron chi connectivity index (χ3n) is 3.98. The van der Waals surface area contributed by atoms with Gasteiger partial charge in [-0.1, -0.05) is 6.92 Å². The second-order valence-electron chi connectivity index (χ2n) is 5.40. The maximum atomic E-state index is 9.36. The predicted molar refractivity (Wildman–Crippen MR) is 70.7 cm³/mol. The van der Waals surface area contributed by atoms with Crippen molar-refractivity contribution in [1.29, 1.82) is 0 Å². The summed E-state index contributed by atoms with van der Waals surface area (Å²) in [5, 5.41) is 12.8. The Balaban J connectivity index is 1.73. The molecule has 0 bridgehead atoms. The molecule has 18 heavy (non-hydrogen) atoms. The van der Waals surface area contributed by atoms with Crippen molar-refractivity contribution in [2.45, 2.75) is 38.3 Å². The summed E-state index contributed by atoms with van der Waals surface area (Å²) in [4.78, 5) is 10.8. The topological polar surface area (TPSA) is 61.3 Å². The summed E-state index contributed by atoms with van der Waals surface area (Å²) < 4.78 is 0. The molecular weight excluding hydrogens is 228 g/mol. The molecule has 0 unspecified atom stereocenters. The quantitative estimate of drug-likeness (QED) is 0.840. The van der Waals surface area contributed by atoms with Gasteiger partial charge >= 0.3 is 0 Å². The van der Waals surface area contributed by atoms with E-state index in [9.17, 15) is 5.11 Å². The van der Waals surface area contributed by atoms with E-state index in [1.165, 1.54) is 6.42 Å². The van der Waals surface area contributed by atoms with Crippen molar-refractivity contribution in [3.05, 3.63) is 12.4 Å². The molecule has 0 radical (unpaired) electrons. The maximum Gasteiger partial charge on any atom is 0.134 e. The van der Waals surface area contributed by atoms with E-state index in [0.29, 0.717) is 6.04 Å². The number of hydrogen-bond donors (Lipinski definition) is 2. The van der Waals surface area contributed by atoms with Crippen LogP contribution in [0.4, 0.5) is 11.6 Å². The van der Waals surface area contributed by atoms with E-state index >= 15 is 0 Å². The van der Waals surface area contributed by atoms with E-state index in [2.05, 4.69) is 27.1 Å². The summed E-state index contributed by atoms with van der Waals surface area (Å²) in [5.74, 6) is 2.58. The highest BCUT2D eigenvalue weighted by molar-refractivity contribution is 5.50. The SMILES string of the molecule is C[C@@H]1C[C@@H]1Nc1cc(N2CCC[C@H]2CO)ncn1. The molecule has 0 amide bonds. The Morgan fingerprint density at radius 3 is 3.06 bits per heavy atom. The number of anilines is 2. The molecule has 1 saturated carbocycles. The Kier molecular flexibility index (Phi) is 3.07. The number of nitrogens with zero attached hydrogens (tertiary/aromatic N) is 3. The first-order chi connectivity index (χ1) is 8.78. The van der Waals surface area contributed by atoms with Gasteiger partial charge < -0.3 is 15.3 Å². The van der Waals surface area contributed by atoms with E-state index < -0.39 is 0 Å². The highest BCUT2D eigenvalue weighted by Gasteiger charge is 2.33. The lowest BCUT2D eigenvalue weighted by Gasteiger charge is -2.24. The van der Waals surface area contributed by atoms with Crippen molar-refractivity contribution < 1.29 is 5.11 Å². The molecule has 1 aliphatic carbocycles. The minimum atomic E-state index is 0.201. The molecule has 3 atom stereocenters. The molecule has 1 aromatic rings. The molecule has 0 aromatic carbocycles. The third-order valence-corrected chi connectivity index (χ3v) is 3.98. The predicted octanol–water partition coefficient (Wildman–Crippen LogP) is 1.26. The summed E-state index contributed by atoms with van der Waals surface area (Å²) in [5.41, 5.74) is 0. The molecule has 5 heteroatoms. The zero-order valence-corrected chi connectivity index (χ0v) is 10.7. The van der Waals surface area contributed by atoms with Crippen LogP contribution in [0.1, 0.15) is 26.2 Å². The van der Waals surface area contributed by atoms with Gasteiger partial charge in [0.15, 0.2) is 0 Å². The average molecular weight is 248 g/mol. The standard InChI is InChI=1S/C13H20N4O/c1-9-5-11(9)16-12-6-13(15-8-14-12)17-4-2-3-10(17)7-18/h6,8-11,18H,2-5,7H2,1H3,(H,14,15,16)/t9-,10+,11+/m1/s1. The molecule has 2 heterocycles. The largest absolute Gasteiger partial charge is 0.394 e. The van der Waals surface area contributed by atoms with Gasteiger partial charge in [-0.05, 0) is 25.2 Å². The van der Waals surface area contributed by atoms with Crippen molar-refractivity contribution >= 4 is 11.6 Å². The van der Waals surface area contributed by atoms with Crippen molar-refractivity contribution in [3.8, 4) is 0 Å². The van der Waals surface area contributed by atoms with Crippen LogP contribution in [0.5, 0.6) is 0 Å². The smallest absolute Gasteiger partial charge is 0.134 e. The minimum absolute atomic E-state index is 0.201. The minimum Gasteiger partial charge on any atom is -0.394 e. The van der Waals surface area contributed by atoms with E-state index in [1.54, 1.807) is 6.33 Å². The van der Waals surface area contributed by atoms with Crippen LogP contribution in [0.25, 0.3) is 0 Å². The molecule has 2 N–H and O–H groups in total. The molecule has 1 aliphatic heterocycles. The van der Waals surface area contributed by atoms with Gasteiger partial charge in [0.1, 0.15) is 18.0 Å². The summed E-state index contributed by atoms with van der Waals surface area (Å²) in [6.07, 6.45) is 5.00. The second kappa shape index (κ2) is 4.72. The lowest BCUT2D eigenvalue weighted by Crippen LogP contribution is -2.32. The first-order valence-electron chi connectivity index (χ1n) is 6.74. The van der Waals surface area contributed by atoms with E-state index in [1.807, 2.05) is 6.07 Å². The Bertz CT molecular complexity index is 425. The first kappa shape index (κ1) is 11.7. The number of aliphatic hydroxyl groups excluding tert-OH is 1. The third kappa shape index (κ3) is 2.27. The first-order valence-corrected chi connectivity index (χ1v) is 6.74. The molecular formula is C13H20N4O. The lowest BCUT2D eigenvalue weighted by molar-refractivity contribution is 0.266. The summed E-state index contributed by atoms with van der Waals surface area (Å²) in [7, 11) is 0. The summed E-state index contributed by atoms with van der Waals surface area (Å²) >= 11 is 0. The van der Waals surface area contributed by atoms with Crippen LogP contribution in [0.3, 0.4) is 0 Å². The number of aliphatic hydroxyl groups is 1. The fraction of sp³-hybridized carbons (Fsp3) is 0.692. The Morgan fingerprint density at radius 2 is 2.33 bits per heavy atom. The normalized spacial score (nSPS) is 30.6. The number of aromatic nitrogens is 2. The molecule has 1 aromatic heterocycles. The van der Waals surface area contributed by atoms with Gasteiger partial charge in [0.2, 0.25) is 0 Å². The molecule has 98 valence electrons. The zero-order chi connectivity index (χ0) is 12.5.